The summed E-state index contributed by atoms with van der Waals surface area (Å²) in [7, 11) is 0. The van der Waals surface area contributed by atoms with E-state index in [0.29, 0.717) is 12.6 Å². The molecule has 1 aromatic heterocycles. The summed E-state index contributed by atoms with van der Waals surface area (Å²) in [6.45, 7) is 6.01. The summed E-state index contributed by atoms with van der Waals surface area (Å²) in [5.74, 6) is 0. The Morgan fingerprint density at radius 3 is 2.77 bits per heavy atom. The van der Waals surface area contributed by atoms with Crippen LogP contribution in [0.4, 0.5) is 0 Å². The van der Waals surface area contributed by atoms with E-state index in [1.165, 1.54) is 9.75 Å². The molecule has 1 unspecified atom stereocenters. The fourth-order valence-electron chi connectivity index (χ4n) is 1.26. The maximum Gasteiger partial charge on any atom is 0.0539 e. The molecule has 1 rings (SSSR count). The van der Waals surface area contributed by atoms with Gasteiger partial charge in [0.1, 0.15) is 0 Å². The quantitative estimate of drug-likeness (QED) is 0.760. The molecule has 3 N–H and O–H groups in total. The van der Waals surface area contributed by atoms with Gasteiger partial charge < -0.3 is 11.1 Å². The summed E-state index contributed by atoms with van der Waals surface area (Å²) in [6, 6.07) is 4.66. The van der Waals surface area contributed by atoms with E-state index in [9.17, 15) is 0 Å². The fraction of sp³-hybridized carbons (Fsp3) is 0.600. The Kier molecular flexibility index (Phi) is 4.42. The topological polar surface area (TPSA) is 38.0 Å². The predicted molar refractivity (Wildman–Crippen MR) is 59.1 cm³/mol. The van der Waals surface area contributed by atoms with Crippen molar-refractivity contribution in [3.63, 3.8) is 0 Å². The van der Waals surface area contributed by atoms with Crippen LogP contribution in [-0.4, -0.2) is 13.1 Å². The summed E-state index contributed by atoms with van der Waals surface area (Å²) < 4.78 is 0. The number of aryl methyl sites for hydroxylation is 1. The Bertz CT molecular complexity index is 245. The zero-order chi connectivity index (χ0) is 9.68. The van der Waals surface area contributed by atoms with Gasteiger partial charge in [0.05, 0.1) is 6.04 Å². The standard InChI is InChI=1S/C10H18N2S/c1-3-6-12-9(7-11)10-5-4-8(2)13-10/h4-5,9,12H,3,6-7,11H2,1-2H3. The van der Waals surface area contributed by atoms with Crippen LogP contribution in [0.3, 0.4) is 0 Å². The highest BCUT2D eigenvalue weighted by Crippen LogP contribution is 2.21. The van der Waals surface area contributed by atoms with E-state index in [2.05, 4.69) is 31.3 Å². The van der Waals surface area contributed by atoms with Crippen molar-refractivity contribution >= 4 is 11.3 Å². The number of rotatable bonds is 5. The lowest BCUT2D eigenvalue weighted by Crippen LogP contribution is -2.27. The van der Waals surface area contributed by atoms with Gasteiger partial charge in [0.2, 0.25) is 0 Å². The van der Waals surface area contributed by atoms with E-state index in [-0.39, 0.29) is 0 Å². The van der Waals surface area contributed by atoms with Gasteiger partial charge in [0.15, 0.2) is 0 Å². The molecule has 0 saturated carbocycles. The number of hydrogen-bond acceptors (Lipinski definition) is 3. The van der Waals surface area contributed by atoms with Crippen molar-refractivity contribution in [3.8, 4) is 0 Å². The highest BCUT2D eigenvalue weighted by Gasteiger charge is 2.09. The second kappa shape index (κ2) is 5.37. The minimum absolute atomic E-state index is 0.346. The molecule has 1 aromatic rings. The Hall–Kier alpha value is -0.380. The molecule has 0 aliphatic heterocycles. The van der Waals surface area contributed by atoms with Crippen molar-refractivity contribution in [1.82, 2.24) is 5.32 Å². The minimum Gasteiger partial charge on any atom is -0.329 e. The molecule has 0 radical (unpaired) electrons. The third-order valence-corrected chi connectivity index (χ3v) is 3.10. The second-order valence-electron chi connectivity index (χ2n) is 3.19. The van der Waals surface area contributed by atoms with E-state index in [0.717, 1.165) is 13.0 Å². The molecule has 3 heteroatoms. The Labute approximate surface area is 84.2 Å². The van der Waals surface area contributed by atoms with Gasteiger partial charge in [0, 0.05) is 16.3 Å². The van der Waals surface area contributed by atoms with Crippen LogP contribution in [0.1, 0.15) is 29.1 Å². The molecule has 0 fully saturated rings. The van der Waals surface area contributed by atoms with E-state index >= 15 is 0 Å². The maximum absolute atomic E-state index is 5.70. The van der Waals surface area contributed by atoms with Crippen molar-refractivity contribution in [2.45, 2.75) is 26.3 Å². The number of thiophene rings is 1. The second-order valence-corrected chi connectivity index (χ2v) is 4.51. The summed E-state index contributed by atoms with van der Waals surface area (Å²) in [6.07, 6.45) is 1.15. The van der Waals surface area contributed by atoms with E-state index < -0.39 is 0 Å². The van der Waals surface area contributed by atoms with Crippen LogP contribution < -0.4 is 11.1 Å². The third kappa shape index (κ3) is 3.10. The lowest BCUT2D eigenvalue weighted by molar-refractivity contribution is 0.547. The molecule has 0 spiro atoms. The predicted octanol–water partition coefficient (Wildman–Crippen LogP) is 2.06. The van der Waals surface area contributed by atoms with Gasteiger partial charge in [-0.1, -0.05) is 6.92 Å². The average Bonchev–Trinajstić information content (AvgIpc) is 2.54. The first-order valence-corrected chi connectivity index (χ1v) is 5.59. The van der Waals surface area contributed by atoms with Crippen molar-refractivity contribution in [2.24, 2.45) is 5.73 Å². The van der Waals surface area contributed by atoms with E-state index in [4.69, 9.17) is 5.73 Å². The number of hydrogen-bond donors (Lipinski definition) is 2. The molecular formula is C10H18N2S. The Morgan fingerprint density at radius 1 is 1.54 bits per heavy atom. The molecule has 0 aliphatic rings. The van der Waals surface area contributed by atoms with Crippen LogP contribution in [0.25, 0.3) is 0 Å². The molecule has 0 amide bonds. The lowest BCUT2D eigenvalue weighted by atomic mass is 10.2. The maximum atomic E-state index is 5.70. The van der Waals surface area contributed by atoms with Gasteiger partial charge in [-0.15, -0.1) is 11.3 Å². The molecule has 0 aliphatic carbocycles. The summed E-state index contributed by atoms with van der Waals surface area (Å²) in [4.78, 5) is 2.71. The Balaban J connectivity index is 2.56. The first kappa shape index (κ1) is 10.7. The summed E-state index contributed by atoms with van der Waals surface area (Å²) >= 11 is 1.83. The smallest absolute Gasteiger partial charge is 0.0539 e. The van der Waals surface area contributed by atoms with Crippen molar-refractivity contribution in [2.75, 3.05) is 13.1 Å². The molecular weight excluding hydrogens is 180 g/mol. The SMILES string of the molecule is CCCNC(CN)c1ccc(C)s1. The Morgan fingerprint density at radius 2 is 2.31 bits per heavy atom. The van der Waals surface area contributed by atoms with Crippen molar-refractivity contribution < 1.29 is 0 Å². The zero-order valence-corrected chi connectivity index (χ0v) is 9.16. The fourth-order valence-corrected chi connectivity index (χ4v) is 2.23. The first-order valence-electron chi connectivity index (χ1n) is 4.77. The highest BCUT2D eigenvalue weighted by atomic mass is 32.1. The molecule has 0 saturated heterocycles. The number of nitrogens with one attached hydrogen (secondary N) is 1. The van der Waals surface area contributed by atoms with Gasteiger partial charge in [-0.3, -0.25) is 0 Å². The van der Waals surface area contributed by atoms with Crippen LogP contribution >= 0.6 is 11.3 Å². The molecule has 0 bridgehead atoms. The van der Waals surface area contributed by atoms with Crippen molar-refractivity contribution in [1.29, 1.82) is 0 Å². The van der Waals surface area contributed by atoms with E-state index in [1.54, 1.807) is 0 Å². The zero-order valence-electron chi connectivity index (χ0n) is 8.34. The van der Waals surface area contributed by atoms with Crippen LogP contribution in [0.15, 0.2) is 12.1 Å². The minimum atomic E-state index is 0.346. The summed E-state index contributed by atoms with van der Waals surface area (Å²) in [5.41, 5.74) is 5.70. The van der Waals surface area contributed by atoms with Gasteiger partial charge in [-0.05, 0) is 32.0 Å². The molecule has 0 aromatic carbocycles. The van der Waals surface area contributed by atoms with Gasteiger partial charge in [0.25, 0.3) is 0 Å². The van der Waals surface area contributed by atoms with Gasteiger partial charge >= 0.3 is 0 Å². The van der Waals surface area contributed by atoms with Gasteiger partial charge in [-0.2, -0.15) is 0 Å². The molecule has 1 atom stereocenters. The monoisotopic (exact) mass is 198 g/mol. The van der Waals surface area contributed by atoms with Gasteiger partial charge in [-0.25, -0.2) is 0 Å². The molecule has 74 valence electrons. The summed E-state index contributed by atoms with van der Waals surface area (Å²) in [5, 5.41) is 3.43. The molecule has 1 heterocycles. The highest BCUT2D eigenvalue weighted by molar-refractivity contribution is 7.12. The normalized spacial score (nSPS) is 13.2. The lowest BCUT2D eigenvalue weighted by Gasteiger charge is -2.14. The van der Waals surface area contributed by atoms with Crippen molar-refractivity contribution in [3.05, 3.63) is 21.9 Å². The number of nitrogens with two attached hydrogens (primary N) is 1. The van der Waals surface area contributed by atoms with Crippen LogP contribution in [0, 0.1) is 6.92 Å². The van der Waals surface area contributed by atoms with Crippen LogP contribution in [0.2, 0.25) is 0 Å². The average molecular weight is 198 g/mol. The first-order chi connectivity index (χ1) is 6.27. The third-order valence-electron chi connectivity index (χ3n) is 1.98. The molecule has 2 nitrogen and oxygen atoms in total. The largest absolute Gasteiger partial charge is 0.329 e. The van der Waals surface area contributed by atoms with E-state index in [1.807, 2.05) is 11.3 Å². The molecule has 13 heavy (non-hydrogen) atoms. The van der Waals surface area contributed by atoms with Crippen LogP contribution in [0.5, 0.6) is 0 Å². The van der Waals surface area contributed by atoms with Crippen LogP contribution in [-0.2, 0) is 0 Å².